The van der Waals surface area contributed by atoms with Crippen LogP contribution in [-0.4, -0.2) is 61.2 Å². The molecular formula is C14H17F3N2O2. The van der Waals surface area contributed by atoms with E-state index < -0.39 is 12.7 Å². The highest BCUT2D eigenvalue weighted by atomic mass is 19.4. The van der Waals surface area contributed by atoms with Gasteiger partial charge in [0.15, 0.2) is 6.61 Å². The van der Waals surface area contributed by atoms with Crippen molar-refractivity contribution in [1.29, 1.82) is 0 Å². The van der Waals surface area contributed by atoms with Gasteiger partial charge in [-0.2, -0.15) is 13.2 Å². The molecular weight excluding hydrogens is 285 g/mol. The van der Waals surface area contributed by atoms with E-state index in [2.05, 4.69) is 0 Å². The lowest BCUT2D eigenvalue weighted by atomic mass is 10.3. The number of hydrogen-bond donors (Lipinski definition) is 0. The first-order chi connectivity index (χ1) is 9.94. The summed E-state index contributed by atoms with van der Waals surface area (Å²) in [5.41, 5.74) is 0. The summed E-state index contributed by atoms with van der Waals surface area (Å²) in [5.74, 6) is 0.395. The van der Waals surface area contributed by atoms with Crippen molar-refractivity contribution in [1.82, 2.24) is 9.80 Å². The van der Waals surface area contributed by atoms with Gasteiger partial charge in [-0.25, -0.2) is 0 Å². The molecule has 0 spiro atoms. The summed E-state index contributed by atoms with van der Waals surface area (Å²) in [5, 5.41) is 0. The molecule has 2 rings (SSSR count). The van der Waals surface area contributed by atoms with Gasteiger partial charge in [0, 0.05) is 26.2 Å². The Morgan fingerprint density at radius 3 is 2.29 bits per heavy atom. The number of benzene rings is 1. The predicted molar refractivity (Wildman–Crippen MR) is 71.0 cm³/mol. The Morgan fingerprint density at radius 2 is 1.71 bits per heavy atom. The second-order valence-corrected chi connectivity index (χ2v) is 4.87. The maximum Gasteiger partial charge on any atom is 0.401 e. The Bertz CT molecular complexity index is 457. The Morgan fingerprint density at radius 1 is 1.10 bits per heavy atom. The number of piperazine rings is 1. The standard InChI is InChI=1S/C14H17F3N2O2/c15-14(16,17)11-18-6-8-19(9-7-18)13(20)10-21-12-4-2-1-3-5-12/h1-5H,6-11H2. The molecule has 1 aromatic rings. The average molecular weight is 302 g/mol. The van der Waals surface area contributed by atoms with E-state index in [9.17, 15) is 18.0 Å². The second-order valence-electron chi connectivity index (χ2n) is 4.87. The van der Waals surface area contributed by atoms with E-state index in [1.807, 2.05) is 6.07 Å². The minimum absolute atomic E-state index is 0.0940. The lowest BCUT2D eigenvalue weighted by molar-refractivity contribution is -0.152. The topological polar surface area (TPSA) is 32.8 Å². The summed E-state index contributed by atoms with van der Waals surface area (Å²) in [4.78, 5) is 14.8. The molecule has 1 amide bonds. The zero-order valence-corrected chi connectivity index (χ0v) is 11.5. The van der Waals surface area contributed by atoms with Gasteiger partial charge in [-0.05, 0) is 12.1 Å². The Labute approximate surface area is 121 Å². The number of amides is 1. The van der Waals surface area contributed by atoms with Crippen molar-refractivity contribution < 1.29 is 22.7 Å². The van der Waals surface area contributed by atoms with Crippen LogP contribution in [0.4, 0.5) is 13.2 Å². The zero-order chi connectivity index (χ0) is 15.3. The van der Waals surface area contributed by atoms with Crippen LogP contribution in [0.25, 0.3) is 0 Å². The molecule has 1 saturated heterocycles. The van der Waals surface area contributed by atoms with E-state index >= 15 is 0 Å². The molecule has 1 aromatic carbocycles. The Hall–Kier alpha value is -1.76. The number of rotatable bonds is 4. The minimum atomic E-state index is -4.19. The highest BCUT2D eigenvalue weighted by molar-refractivity contribution is 5.77. The molecule has 1 fully saturated rings. The van der Waals surface area contributed by atoms with Gasteiger partial charge in [0.05, 0.1) is 6.54 Å². The van der Waals surface area contributed by atoms with E-state index in [0.717, 1.165) is 0 Å². The van der Waals surface area contributed by atoms with Crippen LogP contribution in [0.15, 0.2) is 30.3 Å². The number of hydrogen-bond acceptors (Lipinski definition) is 3. The number of alkyl halides is 3. The number of ether oxygens (including phenoxy) is 1. The summed E-state index contributed by atoms with van der Waals surface area (Å²) in [7, 11) is 0. The number of halogens is 3. The van der Waals surface area contributed by atoms with Gasteiger partial charge in [0.25, 0.3) is 5.91 Å². The van der Waals surface area contributed by atoms with E-state index in [1.165, 1.54) is 9.80 Å². The molecule has 0 radical (unpaired) electrons. The fraction of sp³-hybridized carbons (Fsp3) is 0.500. The first-order valence-corrected chi connectivity index (χ1v) is 6.69. The third kappa shape index (κ3) is 5.26. The maximum atomic E-state index is 12.3. The highest BCUT2D eigenvalue weighted by Crippen LogP contribution is 2.17. The molecule has 0 aliphatic carbocycles. The Balaban J connectivity index is 1.73. The molecule has 0 N–H and O–H groups in total. The van der Waals surface area contributed by atoms with Crippen LogP contribution in [0, 0.1) is 0 Å². The van der Waals surface area contributed by atoms with Crippen molar-refractivity contribution in [2.75, 3.05) is 39.3 Å². The van der Waals surface area contributed by atoms with Crippen LogP contribution in [0.5, 0.6) is 5.75 Å². The predicted octanol–water partition coefficient (Wildman–Crippen LogP) is 1.77. The van der Waals surface area contributed by atoms with Gasteiger partial charge in [0.1, 0.15) is 5.75 Å². The molecule has 4 nitrogen and oxygen atoms in total. The van der Waals surface area contributed by atoms with Gasteiger partial charge < -0.3 is 9.64 Å². The molecule has 7 heteroatoms. The molecule has 1 heterocycles. The summed E-state index contributed by atoms with van der Waals surface area (Å²) in [6, 6.07) is 8.93. The molecule has 0 atom stereocenters. The Kier molecular flexibility index (Phi) is 5.06. The van der Waals surface area contributed by atoms with Crippen LogP contribution in [0.3, 0.4) is 0 Å². The minimum Gasteiger partial charge on any atom is -0.484 e. The van der Waals surface area contributed by atoms with Crippen LogP contribution in [0.2, 0.25) is 0 Å². The molecule has 21 heavy (non-hydrogen) atoms. The van der Waals surface area contributed by atoms with Crippen molar-refractivity contribution in [3.8, 4) is 5.75 Å². The number of para-hydroxylation sites is 1. The van der Waals surface area contributed by atoms with E-state index in [0.29, 0.717) is 18.8 Å². The SMILES string of the molecule is O=C(COc1ccccc1)N1CCN(CC(F)(F)F)CC1. The average Bonchev–Trinajstić information content (AvgIpc) is 2.45. The number of carbonyl (C=O) groups is 1. The van der Waals surface area contributed by atoms with E-state index in [4.69, 9.17) is 4.74 Å². The first-order valence-electron chi connectivity index (χ1n) is 6.69. The monoisotopic (exact) mass is 302 g/mol. The maximum absolute atomic E-state index is 12.3. The van der Waals surface area contributed by atoms with Crippen molar-refractivity contribution in [3.05, 3.63) is 30.3 Å². The smallest absolute Gasteiger partial charge is 0.401 e. The largest absolute Gasteiger partial charge is 0.484 e. The summed E-state index contributed by atoms with van der Waals surface area (Å²) in [6.45, 7) is 0.0477. The van der Waals surface area contributed by atoms with Crippen LogP contribution < -0.4 is 4.74 Å². The summed E-state index contributed by atoms with van der Waals surface area (Å²) >= 11 is 0. The molecule has 116 valence electrons. The molecule has 1 aliphatic rings. The quantitative estimate of drug-likeness (QED) is 0.850. The summed E-state index contributed by atoms with van der Waals surface area (Å²) in [6.07, 6.45) is -4.19. The lowest BCUT2D eigenvalue weighted by Crippen LogP contribution is -2.51. The third-order valence-corrected chi connectivity index (χ3v) is 3.23. The van der Waals surface area contributed by atoms with Gasteiger partial charge >= 0.3 is 6.18 Å². The van der Waals surface area contributed by atoms with E-state index in [-0.39, 0.29) is 25.6 Å². The first kappa shape index (κ1) is 15.6. The fourth-order valence-electron chi connectivity index (χ4n) is 2.16. The van der Waals surface area contributed by atoms with Crippen molar-refractivity contribution in [3.63, 3.8) is 0 Å². The van der Waals surface area contributed by atoms with Gasteiger partial charge in [0.2, 0.25) is 0 Å². The van der Waals surface area contributed by atoms with Gasteiger partial charge in [-0.3, -0.25) is 9.69 Å². The van der Waals surface area contributed by atoms with Crippen molar-refractivity contribution >= 4 is 5.91 Å². The van der Waals surface area contributed by atoms with Gasteiger partial charge in [-0.1, -0.05) is 18.2 Å². The highest BCUT2D eigenvalue weighted by Gasteiger charge is 2.32. The molecule has 0 bridgehead atoms. The third-order valence-electron chi connectivity index (χ3n) is 3.23. The lowest BCUT2D eigenvalue weighted by Gasteiger charge is -2.34. The van der Waals surface area contributed by atoms with Crippen molar-refractivity contribution in [2.24, 2.45) is 0 Å². The van der Waals surface area contributed by atoms with Crippen LogP contribution in [-0.2, 0) is 4.79 Å². The molecule has 0 aromatic heterocycles. The molecule has 0 unspecified atom stereocenters. The van der Waals surface area contributed by atoms with Gasteiger partial charge in [-0.15, -0.1) is 0 Å². The van der Waals surface area contributed by atoms with Crippen LogP contribution >= 0.6 is 0 Å². The zero-order valence-electron chi connectivity index (χ0n) is 11.5. The molecule has 0 saturated carbocycles. The fourth-order valence-corrected chi connectivity index (χ4v) is 2.16. The normalized spacial score (nSPS) is 16.8. The molecule has 1 aliphatic heterocycles. The second kappa shape index (κ2) is 6.80. The van der Waals surface area contributed by atoms with Crippen molar-refractivity contribution in [2.45, 2.75) is 6.18 Å². The number of nitrogens with zero attached hydrogens (tertiary/aromatic N) is 2. The number of carbonyl (C=O) groups excluding carboxylic acids is 1. The van der Waals surface area contributed by atoms with Crippen LogP contribution in [0.1, 0.15) is 0 Å². The summed E-state index contributed by atoms with van der Waals surface area (Å²) < 4.78 is 42.1. The van der Waals surface area contributed by atoms with E-state index in [1.54, 1.807) is 24.3 Å².